The molecule has 14 heavy (non-hydrogen) atoms. The number of rotatable bonds is 3. The van der Waals surface area contributed by atoms with E-state index in [1.807, 2.05) is 13.8 Å². The molecule has 4 heteroatoms. The summed E-state index contributed by atoms with van der Waals surface area (Å²) in [4.78, 5) is 13.5. The van der Waals surface area contributed by atoms with E-state index in [1.54, 1.807) is 4.90 Å². The maximum absolute atomic E-state index is 11.7. The van der Waals surface area contributed by atoms with E-state index in [1.165, 1.54) is 0 Å². The summed E-state index contributed by atoms with van der Waals surface area (Å²) in [6, 6.07) is 0. The summed E-state index contributed by atoms with van der Waals surface area (Å²) >= 11 is 5.53. The minimum atomic E-state index is -0.413. The SMILES string of the molecule is CC1(C)C(O)CCN1C(=O)CCCCl. The van der Waals surface area contributed by atoms with Gasteiger partial charge in [-0.3, -0.25) is 4.79 Å². The highest BCUT2D eigenvalue weighted by molar-refractivity contribution is 6.17. The van der Waals surface area contributed by atoms with Gasteiger partial charge in [0, 0.05) is 18.8 Å². The standard InChI is InChI=1S/C10H18ClNO2/c1-10(2)8(13)5-7-12(10)9(14)4-3-6-11/h8,13H,3-7H2,1-2H3. The number of nitrogens with zero attached hydrogens (tertiary/aromatic N) is 1. The van der Waals surface area contributed by atoms with Gasteiger partial charge in [0.15, 0.2) is 0 Å². The van der Waals surface area contributed by atoms with E-state index in [0.717, 1.165) is 0 Å². The van der Waals surface area contributed by atoms with Crippen LogP contribution in [0.15, 0.2) is 0 Å². The minimum absolute atomic E-state index is 0.104. The molecule has 1 rings (SSSR count). The normalized spacial score (nSPS) is 25.4. The molecule has 1 saturated heterocycles. The lowest BCUT2D eigenvalue weighted by Gasteiger charge is -2.33. The second-order valence-corrected chi connectivity index (χ2v) is 4.67. The lowest BCUT2D eigenvalue weighted by atomic mass is 9.98. The molecule has 0 aromatic carbocycles. The third-order valence-electron chi connectivity index (χ3n) is 2.96. The summed E-state index contributed by atoms with van der Waals surface area (Å²) < 4.78 is 0. The van der Waals surface area contributed by atoms with Gasteiger partial charge in [0.2, 0.25) is 5.91 Å². The molecule has 1 unspecified atom stereocenters. The van der Waals surface area contributed by atoms with Crippen molar-refractivity contribution in [2.45, 2.75) is 44.8 Å². The van der Waals surface area contributed by atoms with Crippen LogP contribution in [0, 0.1) is 0 Å². The van der Waals surface area contributed by atoms with Crippen LogP contribution in [-0.2, 0) is 4.79 Å². The van der Waals surface area contributed by atoms with Crippen molar-refractivity contribution in [3.8, 4) is 0 Å². The number of alkyl halides is 1. The Morgan fingerprint density at radius 2 is 2.29 bits per heavy atom. The first-order valence-electron chi connectivity index (χ1n) is 5.04. The molecule has 1 amide bonds. The largest absolute Gasteiger partial charge is 0.391 e. The summed E-state index contributed by atoms with van der Waals surface area (Å²) in [5.74, 6) is 0.620. The predicted octanol–water partition coefficient (Wildman–Crippen LogP) is 1.38. The maximum Gasteiger partial charge on any atom is 0.223 e. The van der Waals surface area contributed by atoms with E-state index in [4.69, 9.17) is 11.6 Å². The zero-order valence-electron chi connectivity index (χ0n) is 8.79. The molecule has 1 fully saturated rings. The van der Waals surface area contributed by atoms with Crippen molar-refractivity contribution < 1.29 is 9.90 Å². The van der Waals surface area contributed by atoms with Crippen molar-refractivity contribution in [2.24, 2.45) is 0 Å². The van der Waals surface area contributed by atoms with Gasteiger partial charge in [-0.1, -0.05) is 0 Å². The van der Waals surface area contributed by atoms with Crippen LogP contribution in [0.4, 0.5) is 0 Å². The van der Waals surface area contributed by atoms with E-state index in [9.17, 15) is 9.90 Å². The van der Waals surface area contributed by atoms with Gasteiger partial charge >= 0.3 is 0 Å². The average Bonchev–Trinajstić information content (AvgIpc) is 2.38. The van der Waals surface area contributed by atoms with Crippen LogP contribution in [0.3, 0.4) is 0 Å². The molecule has 1 aliphatic rings. The van der Waals surface area contributed by atoms with Crippen LogP contribution in [0.1, 0.15) is 33.1 Å². The number of carbonyl (C=O) groups excluding carboxylic acids is 1. The molecule has 0 radical (unpaired) electrons. The number of hydrogen-bond donors (Lipinski definition) is 1. The Morgan fingerprint density at radius 1 is 1.64 bits per heavy atom. The molecule has 1 heterocycles. The second kappa shape index (κ2) is 4.49. The first-order chi connectivity index (χ1) is 6.50. The maximum atomic E-state index is 11.7. The highest BCUT2D eigenvalue weighted by Gasteiger charge is 2.42. The number of likely N-dealkylation sites (tertiary alicyclic amines) is 1. The quantitative estimate of drug-likeness (QED) is 0.729. The number of aliphatic hydroxyl groups excluding tert-OH is 1. The zero-order chi connectivity index (χ0) is 10.8. The highest BCUT2D eigenvalue weighted by atomic mass is 35.5. The summed E-state index contributed by atoms with van der Waals surface area (Å²) in [7, 11) is 0. The van der Waals surface area contributed by atoms with E-state index in [-0.39, 0.29) is 5.91 Å². The molecule has 0 saturated carbocycles. The Morgan fingerprint density at radius 3 is 2.71 bits per heavy atom. The molecule has 1 atom stereocenters. The smallest absolute Gasteiger partial charge is 0.223 e. The van der Waals surface area contributed by atoms with Crippen LogP contribution in [0.25, 0.3) is 0 Å². The topological polar surface area (TPSA) is 40.5 Å². The molecule has 0 aromatic heterocycles. The molecule has 0 spiro atoms. The lowest BCUT2D eigenvalue weighted by Crippen LogP contribution is -2.48. The lowest BCUT2D eigenvalue weighted by molar-refractivity contribution is -0.136. The Bertz CT molecular complexity index is 218. The molecule has 1 N–H and O–H groups in total. The number of halogens is 1. The van der Waals surface area contributed by atoms with Gasteiger partial charge in [0.25, 0.3) is 0 Å². The Balaban J connectivity index is 2.56. The molecular formula is C10H18ClNO2. The first-order valence-corrected chi connectivity index (χ1v) is 5.58. The van der Waals surface area contributed by atoms with Crippen LogP contribution < -0.4 is 0 Å². The monoisotopic (exact) mass is 219 g/mol. The number of carbonyl (C=O) groups is 1. The van der Waals surface area contributed by atoms with E-state index < -0.39 is 11.6 Å². The molecule has 1 aliphatic heterocycles. The second-order valence-electron chi connectivity index (χ2n) is 4.30. The highest BCUT2D eigenvalue weighted by Crippen LogP contribution is 2.29. The fraction of sp³-hybridized carbons (Fsp3) is 0.900. The van der Waals surface area contributed by atoms with E-state index >= 15 is 0 Å². The first kappa shape index (κ1) is 11.8. The molecule has 0 aliphatic carbocycles. The average molecular weight is 220 g/mol. The Labute approximate surface area is 90.0 Å². The van der Waals surface area contributed by atoms with Gasteiger partial charge in [-0.15, -0.1) is 11.6 Å². The van der Waals surface area contributed by atoms with Gasteiger partial charge in [0.05, 0.1) is 11.6 Å². The molecule has 82 valence electrons. The fourth-order valence-electron chi connectivity index (χ4n) is 1.87. The fourth-order valence-corrected chi connectivity index (χ4v) is 2.01. The molecular weight excluding hydrogens is 202 g/mol. The zero-order valence-corrected chi connectivity index (χ0v) is 9.55. The Hall–Kier alpha value is -0.280. The van der Waals surface area contributed by atoms with Crippen LogP contribution >= 0.6 is 11.6 Å². The third-order valence-corrected chi connectivity index (χ3v) is 3.23. The van der Waals surface area contributed by atoms with Gasteiger partial charge in [-0.2, -0.15) is 0 Å². The summed E-state index contributed by atoms with van der Waals surface area (Å²) in [6.07, 6.45) is 1.48. The van der Waals surface area contributed by atoms with Crippen LogP contribution in [-0.4, -0.2) is 40.0 Å². The minimum Gasteiger partial charge on any atom is -0.391 e. The summed E-state index contributed by atoms with van der Waals surface area (Å²) in [5.41, 5.74) is -0.413. The van der Waals surface area contributed by atoms with Crippen LogP contribution in [0.2, 0.25) is 0 Å². The molecule has 0 bridgehead atoms. The van der Waals surface area contributed by atoms with Gasteiger partial charge < -0.3 is 10.0 Å². The number of hydrogen-bond acceptors (Lipinski definition) is 2. The van der Waals surface area contributed by atoms with Crippen molar-refractivity contribution in [3.05, 3.63) is 0 Å². The van der Waals surface area contributed by atoms with Crippen molar-refractivity contribution in [3.63, 3.8) is 0 Å². The van der Waals surface area contributed by atoms with Gasteiger partial charge in [0.1, 0.15) is 0 Å². The van der Waals surface area contributed by atoms with E-state index in [0.29, 0.717) is 31.7 Å². The molecule has 0 aromatic rings. The van der Waals surface area contributed by atoms with Crippen molar-refractivity contribution in [2.75, 3.05) is 12.4 Å². The van der Waals surface area contributed by atoms with Crippen molar-refractivity contribution >= 4 is 17.5 Å². The van der Waals surface area contributed by atoms with Gasteiger partial charge in [-0.25, -0.2) is 0 Å². The number of aliphatic hydroxyl groups is 1. The predicted molar refractivity (Wildman–Crippen MR) is 56.4 cm³/mol. The van der Waals surface area contributed by atoms with Crippen LogP contribution in [0.5, 0.6) is 0 Å². The van der Waals surface area contributed by atoms with Crippen molar-refractivity contribution in [1.82, 2.24) is 4.90 Å². The Kier molecular flexibility index (Phi) is 3.78. The van der Waals surface area contributed by atoms with Crippen molar-refractivity contribution in [1.29, 1.82) is 0 Å². The number of amides is 1. The van der Waals surface area contributed by atoms with E-state index in [2.05, 4.69) is 0 Å². The summed E-state index contributed by atoms with van der Waals surface area (Å²) in [5, 5.41) is 9.68. The molecule has 3 nitrogen and oxygen atoms in total. The third kappa shape index (κ3) is 2.20. The van der Waals surface area contributed by atoms with Gasteiger partial charge in [-0.05, 0) is 26.7 Å². The summed E-state index contributed by atoms with van der Waals surface area (Å²) in [6.45, 7) is 4.47.